The molecule has 19 heavy (non-hydrogen) atoms. The summed E-state index contributed by atoms with van der Waals surface area (Å²) in [6.45, 7) is 0. The molecule has 4 heteroatoms. The molecule has 0 heterocycles. The molecule has 0 saturated heterocycles. The van der Waals surface area contributed by atoms with E-state index in [0.29, 0.717) is 0 Å². The lowest BCUT2D eigenvalue weighted by atomic mass is 10.0. The van der Waals surface area contributed by atoms with Gasteiger partial charge in [-0.15, -0.1) is 0 Å². The summed E-state index contributed by atoms with van der Waals surface area (Å²) in [5, 5.41) is 12.4. The molecular weight excluding hydrogens is 246 g/mol. The third-order valence-electron chi connectivity index (χ3n) is 3.68. The van der Waals surface area contributed by atoms with E-state index in [9.17, 15) is 14.0 Å². The van der Waals surface area contributed by atoms with Gasteiger partial charge in [-0.2, -0.15) is 5.26 Å². The zero-order chi connectivity index (χ0) is 13.7. The number of nitrogens with one attached hydrogen (secondary N) is 1. The molecule has 1 saturated carbocycles. The Morgan fingerprint density at radius 3 is 2.47 bits per heavy atom. The Bertz CT molecular complexity index is 460. The molecule has 1 atom stereocenters. The first kappa shape index (κ1) is 14.0. The summed E-state index contributed by atoms with van der Waals surface area (Å²) < 4.78 is 26.9. The molecule has 0 aromatic heterocycles. The molecule has 1 aromatic carbocycles. The van der Waals surface area contributed by atoms with Gasteiger partial charge in [0.05, 0.1) is 6.07 Å². The topological polar surface area (TPSA) is 35.8 Å². The van der Waals surface area contributed by atoms with Gasteiger partial charge in [-0.3, -0.25) is 5.32 Å². The molecular formula is C15H18F2N2. The molecule has 1 unspecified atom stereocenters. The summed E-state index contributed by atoms with van der Waals surface area (Å²) in [6, 6.07) is 5.45. The van der Waals surface area contributed by atoms with Crippen molar-refractivity contribution in [1.29, 1.82) is 5.26 Å². The first-order valence-corrected chi connectivity index (χ1v) is 6.82. The van der Waals surface area contributed by atoms with Crippen molar-refractivity contribution in [3.63, 3.8) is 0 Å². The van der Waals surface area contributed by atoms with Crippen LogP contribution in [0.1, 0.15) is 50.1 Å². The summed E-state index contributed by atoms with van der Waals surface area (Å²) in [5.41, 5.74) is 0.103. The summed E-state index contributed by atoms with van der Waals surface area (Å²) in [7, 11) is 0. The van der Waals surface area contributed by atoms with Crippen LogP contribution >= 0.6 is 0 Å². The van der Waals surface area contributed by atoms with Crippen LogP contribution in [0.4, 0.5) is 8.78 Å². The first-order valence-electron chi connectivity index (χ1n) is 6.82. The third-order valence-corrected chi connectivity index (χ3v) is 3.68. The minimum atomic E-state index is -0.921. The van der Waals surface area contributed by atoms with E-state index in [-0.39, 0.29) is 11.6 Å². The van der Waals surface area contributed by atoms with E-state index in [2.05, 4.69) is 5.32 Å². The fourth-order valence-electron chi connectivity index (χ4n) is 2.62. The summed E-state index contributed by atoms with van der Waals surface area (Å²) in [6.07, 6.45) is 6.67. The second-order valence-electron chi connectivity index (χ2n) is 5.06. The number of rotatable bonds is 3. The zero-order valence-electron chi connectivity index (χ0n) is 10.8. The molecule has 2 rings (SSSR count). The van der Waals surface area contributed by atoms with Gasteiger partial charge in [-0.05, 0) is 18.9 Å². The molecule has 1 N–H and O–H groups in total. The van der Waals surface area contributed by atoms with Gasteiger partial charge >= 0.3 is 0 Å². The van der Waals surface area contributed by atoms with Gasteiger partial charge in [0.25, 0.3) is 0 Å². The number of nitriles is 1. The second-order valence-corrected chi connectivity index (χ2v) is 5.06. The summed E-state index contributed by atoms with van der Waals surface area (Å²) in [4.78, 5) is 0. The van der Waals surface area contributed by atoms with Crippen molar-refractivity contribution in [2.75, 3.05) is 0 Å². The molecule has 0 spiro atoms. The highest BCUT2D eigenvalue weighted by Crippen LogP contribution is 2.23. The van der Waals surface area contributed by atoms with Crippen LogP contribution in [-0.2, 0) is 0 Å². The normalized spacial score (nSPS) is 18.6. The van der Waals surface area contributed by atoms with E-state index in [0.717, 1.165) is 31.7 Å². The first-order chi connectivity index (χ1) is 9.22. The zero-order valence-corrected chi connectivity index (χ0v) is 10.8. The van der Waals surface area contributed by atoms with Crippen LogP contribution in [0.2, 0.25) is 0 Å². The molecule has 1 fully saturated rings. The maximum absolute atomic E-state index is 13.7. The van der Waals surface area contributed by atoms with Crippen molar-refractivity contribution < 1.29 is 8.78 Å². The van der Waals surface area contributed by atoms with E-state index in [1.807, 2.05) is 6.07 Å². The van der Waals surface area contributed by atoms with Gasteiger partial charge in [-0.1, -0.05) is 37.8 Å². The van der Waals surface area contributed by atoms with Crippen LogP contribution in [0, 0.1) is 23.0 Å². The molecule has 0 aliphatic heterocycles. The molecule has 1 aliphatic carbocycles. The van der Waals surface area contributed by atoms with Crippen molar-refractivity contribution in [1.82, 2.24) is 5.32 Å². The highest BCUT2D eigenvalue weighted by Gasteiger charge is 2.21. The van der Waals surface area contributed by atoms with Gasteiger partial charge in [0.2, 0.25) is 0 Å². The number of hydrogen-bond acceptors (Lipinski definition) is 2. The average Bonchev–Trinajstić information content (AvgIpc) is 2.68. The molecule has 2 nitrogen and oxygen atoms in total. The smallest absolute Gasteiger partial charge is 0.164 e. The monoisotopic (exact) mass is 264 g/mol. The molecule has 0 radical (unpaired) electrons. The quantitative estimate of drug-likeness (QED) is 0.842. The van der Waals surface area contributed by atoms with E-state index in [4.69, 9.17) is 0 Å². The Hall–Kier alpha value is -1.47. The number of nitrogens with zero attached hydrogens (tertiary/aromatic N) is 1. The van der Waals surface area contributed by atoms with E-state index >= 15 is 0 Å². The Balaban J connectivity index is 2.11. The van der Waals surface area contributed by atoms with Crippen LogP contribution in [0.25, 0.3) is 0 Å². The number of hydrogen-bond donors (Lipinski definition) is 1. The standard InChI is InChI=1S/C15H18F2N2/c16-13-9-5-8-12(15(13)17)14(10-18)19-11-6-3-1-2-4-7-11/h5,8-9,11,14,19H,1-4,6-7H2. The minimum absolute atomic E-state index is 0.103. The van der Waals surface area contributed by atoms with Gasteiger partial charge < -0.3 is 0 Å². The average molecular weight is 264 g/mol. The minimum Gasteiger partial charge on any atom is -0.295 e. The van der Waals surface area contributed by atoms with E-state index in [1.165, 1.54) is 25.0 Å². The maximum atomic E-state index is 13.7. The fraction of sp³-hybridized carbons (Fsp3) is 0.533. The summed E-state index contributed by atoms with van der Waals surface area (Å²) >= 11 is 0. The lowest BCUT2D eigenvalue weighted by Crippen LogP contribution is -2.32. The van der Waals surface area contributed by atoms with Crippen LogP contribution in [-0.4, -0.2) is 6.04 Å². The van der Waals surface area contributed by atoms with Crippen LogP contribution in [0.5, 0.6) is 0 Å². The summed E-state index contributed by atoms with van der Waals surface area (Å²) in [5.74, 6) is -1.82. The van der Waals surface area contributed by atoms with Gasteiger partial charge in [0.15, 0.2) is 11.6 Å². The Morgan fingerprint density at radius 1 is 1.16 bits per heavy atom. The molecule has 0 bridgehead atoms. The third kappa shape index (κ3) is 3.51. The predicted octanol–water partition coefficient (Wildman–Crippen LogP) is 3.84. The van der Waals surface area contributed by atoms with Crippen molar-refractivity contribution in [3.05, 3.63) is 35.4 Å². The Kier molecular flexibility index (Phi) is 4.86. The Morgan fingerprint density at radius 2 is 1.84 bits per heavy atom. The van der Waals surface area contributed by atoms with Gasteiger partial charge in [0, 0.05) is 11.6 Å². The van der Waals surface area contributed by atoms with Crippen molar-refractivity contribution >= 4 is 0 Å². The number of halogens is 2. The van der Waals surface area contributed by atoms with E-state index in [1.54, 1.807) is 0 Å². The Labute approximate surface area is 112 Å². The largest absolute Gasteiger partial charge is 0.295 e. The lowest BCUT2D eigenvalue weighted by molar-refractivity contribution is 0.421. The molecule has 0 amide bonds. The molecule has 1 aliphatic rings. The van der Waals surface area contributed by atoms with Gasteiger partial charge in [0.1, 0.15) is 6.04 Å². The SMILES string of the molecule is N#CC(NC1CCCCCC1)c1cccc(F)c1F. The van der Waals surface area contributed by atoms with Crippen molar-refractivity contribution in [2.24, 2.45) is 0 Å². The number of benzene rings is 1. The van der Waals surface area contributed by atoms with Crippen LogP contribution in [0.3, 0.4) is 0 Å². The highest BCUT2D eigenvalue weighted by atomic mass is 19.2. The second kappa shape index (κ2) is 6.63. The maximum Gasteiger partial charge on any atom is 0.164 e. The molecule has 102 valence electrons. The highest BCUT2D eigenvalue weighted by molar-refractivity contribution is 5.26. The van der Waals surface area contributed by atoms with E-state index < -0.39 is 17.7 Å². The van der Waals surface area contributed by atoms with Gasteiger partial charge in [-0.25, -0.2) is 8.78 Å². The van der Waals surface area contributed by atoms with Crippen molar-refractivity contribution in [3.8, 4) is 6.07 Å². The van der Waals surface area contributed by atoms with Crippen molar-refractivity contribution in [2.45, 2.75) is 50.6 Å². The van der Waals surface area contributed by atoms with Crippen LogP contribution < -0.4 is 5.32 Å². The van der Waals surface area contributed by atoms with Crippen LogP contribution in [0.15, 0.2) is 18.2 Å². The predicted molar refractivity (Wildman–Crippen MR) is 69.3 cm³/mol. The lowest BCUT2D eigenvalue weighted by Gasteiger charge is -2.21. The molecule has 1 aromatic rings. The fourth-order valence-corrected chi connectivity index (χ4v) is 2.62.